The minimum Gasteiger partial charge on any atom is -0.384 e. The third-order valence-corrected chi connectivity index (χ3v) is 3.72. The Balaban J connectivity index is 2.31. The second-order valence-electron chi connectivity index (χ2n) is 5.89. The number of aromatic amines is 1. The Bertz CT molecular complexity index is 620. The lowest BCUT2D eigenvalue weighted by molar-refractivity contribution is 0.461. The molecular weight excluding hydrogens is 258 g/mol. The summed E-state index contributed by atoms with van der Waals surface area (Å²) < 4.78 is 0. The van der Waals surface area contributed by atoms with Crippen LogP contribution in [0.3, 0.4) is 0 Å². The number of nitrogens with zero attached hydrogens (tertiary/aromatic N) is 1. The molecule has 3 nitrogen and oxygen atoms in total. The van der Waals surface area contributed by atoms with Gasteiger partial charge in [0.15, 0.2) is 0 Å². The van der Waals surface area contributed by atoms with Crippen LogP contribution in [0.1, 0.15) is 31.9 Å². The van der Waals surface area contributed by atoms with Gasteiger partial charge in [-0.3, -0.25) is 5.10 Å². The van der Waals surface area contributed by atoms with Crippen LogP contribution in [0.25, 0.3) is 10.9 Å². The summed E-state index contributed by atoms with van der Waals surface area (Å²) in [6.45, 7) is 13.1. The lowest BCUT2D eigenvalue weighted by Gasteiger charge is -2.23. The summed E-state index contributed by atoms with van der Waals surface area (Å²) >= 11 is 6.35. The smallest absolute Gasteiger partial charge is 0.0717 e. The van der Waals surface area contributed by atoms with Crippen LogP contribution in [0.5, 0.6) is 0 Å². The van der Waals surface area contributed by atoms with Crippen LogP contribution in [0, 0.1) is 12.3 Å². The highest BCUT2D eigenvalue weighted by Gasteiger charge is 2.16. The van der Waals surface area contributed by atoms with E-state index in [1.165, 1.54) is 0 Å². The molecule has 2 N–H and O–H groups in total. The van der Waals surface area contributed by atoms with E-state index in [0.29, 0.717) is 6.54 Å². The summed E-state index contributed by atoms with van der Waals surface area (Å²) in [5, 5.41) is 12.4. The first-order chi connectivity index (χ1) is 8.80. The average Bonchev–Trinajstić information content (AvgIpc) is 2.76. The molecule has 1 heterocycles. The zero-order valence-electron chi connectivity index (χ0n) is 11.9. The number of fused-ring (bicyclic) bond motifs is 1. The minimum absolute atomic E-state index is 0.0320. The molecule has 0 radical (unpaired) electrons. The van der Waals surface area contributed by atoms with Crippen molar-refractivity contribution < 1.29 is 0 Å². The summed E-state index contributed by atoms with van der Waals surface area (Å²) in [5.41, 5.74) is 4.19. The van der Waals surface area contributed by atoms with Crippen LogP contribution in [-0.4, -0.2) is 10.2 Å². The number of nitrogens with one attached hydrogen (secondary N) is 2. The molecule has 0 spiro atoms. The Morgan fingerprint density at radius 2 is 2.16 bits per heavy atom. The molecular formula is C15H20ClN3. The zero-order valence-corrected chi connectivity index (χ0v) is 12.7. The van der Waals surface area contributed by atoms with Crippen LogP contribution in [0.4, 0.5) is 0 Å². The van der Waals surface area contributed by atoms with Crippen molar-refractivity contribution in [2.24, 2.45) is 5.41 Å². The second kappa shape index (κ2) is 4.89. The van der Waals surface area contributed by atoms with Gasteiger partial charge in [0.2, 0.25) is 0 Å². The molecule has 1 aromatic carbocycles. The van der Waals surface area contributed by atoms with Gasteiger partial charge in [-0.05, 0) is 18.6 Å². The highest BCUT2D eigenvalue weighted by Crippen LogP contribution is 2.28. The predicted octanol–water partition coefficient (Wildman–Crippen LogP) is 4.17. The third kappa shape index (κ3) is 2.76. The fourth-order valence-electron chi connectivity index (χ4n) is 1.92. The Labute approximate surface area is 119 Å². The molecule has 4 heteroatoms. The maximum absolute atomic E-state index is 6.35. The lowest BCUT2D eigenvalue weighted by atomic mass is 9.93. The van der Waals surface area contributed by atoms with E-state index < -0.39 is 0 Å². The van der Waals surface area contributed by atoms with E-state index in [9.17, 15) is 0 Å². The molecule has 0 atom stereocenters. The molecule has 0 bridgehead atoms. The maximum Gasteiger partial charge on any atom is 0.0717 e. The van der Waals surface area contributed by atoms with Gasteiger partial charge in [-0.15, -0.1) is 0 Å². The first-order valence-electron chi connectivity index (χ1n) is 6.35. The highest BCUT2D eigenvalue weighted by atomic mass is 35.5. The van der Waals surface area contributed by atoms with E-state index in [1.807, 2.05) is 19.2 Å². The van der Waals surface area contributed by atoms with E-state index in [4.69, 9.17) is 11.6 Å². The molecule has 0 fully saturated rings. The van der Waals surface area contributed by atoms with Crippen molar-refractivity contribution in [1.29, 1.82) is 0 Å². The van der Waals surface area contributed by atoms with Gasteiger partial charge in [0.1, 0.15) is 0 Å². The molecule has 19 heavy (non-hydrogen) atoms. The normalized spacial score (nSPS) is 11.8. The molecule has 0 aliphatic heterocycles. The molecule has 0 aliphatic rings. The number of benzene rings is 1. The molecule has 0 aliphatic carbocycles. The SMILES string of the molecule is C=C(NCc1c(Cl)cc(C)c2cn[nH]c12)C(C)(C)C. The molecule has 0 amide bonds. The number of halogens is 1. The number of rotatable bonds is 3. The van der Waals surface area contributed by atoms with Crippen molar-refractivity contribution in [2.45, 2.75) is 34.2 Å². The molecule has 2 aromatic rings. The van der Waals surface area contributed by atoms with Crippen molar-refractivity contribution in [2.75, 3.05) is 0 Å². The van der Waals surface area contributed by atoms with E-state index in [2.05, 4.69) is 42.9 Å². The maximum atomic E-state index is 6.35. The number of allylic oxidation sites excluding steroid dienone is 1. The number of hydrogen-bond acceptors (Lipinski definition) is 2. The summed E-state index contributed by atoms with van der Waals surface area (Å²) in [6.07, 6.45) is 1.84. The molecule has 1 aromatic heterocycles. The quantitative estimate of drug-likeness (QED) is 0.884. The van der Waals surface area contributed by atoms with Crippen LogP contribution in [0.15, 0.2) is 24.5 Å². The van der Waals surface area contributed by atoms with Crippen molar-refractivity contribution in [1.82, 2.24) is 15.5 Å². The molecule has 2 rings (SSSR count). The monoisotopic (exact) mass is 277 g/mol. The highest BCUT2D eigenvalue weighted by molar-refractivity contribution is 6.32. The van der Waals surface area contributed by atoms with E-state index in [1.54, 1.807) is 0 Å². The fraction of sp³-hybridized carbons (Fsp3) is 0.400. The molecule has 0 saturated carbocycles. The summed E-state index contributed by atoms with van der Waals surface area (Å²) in [7, 11) is 0. The Kier molecular flexibility index (Phi) is 3.59. The van der Waals surface area contributed by atoms with Crippen LogP contribution < -0.4 is 5.32 Å². The summed E-state index contributed by atoms with van der Waals surface area (Å²) in [4.78, 5) is 0. The van der Waals surface area contributed by atoms with Gasteiger partial charge >= 0.3 is 0 Å². The Morgan fingerprint density at radius 1 is 1.47 bits per heavy atom. The van der Waals surface area contributed by atoms with E-state index >= 15 is 0 Å². The van der Waals surface area contributed by atoms with Gasteiger partial charge in [0.05, 0.1) is 11.7 Å². The first kappa shape index (κ1) is 13.9. The first-order valence-corrected chi connectivity index (χ1v) is 6.73. The van der Waals surface area contributed by atoms with Crippen molar-refractivity contribution in [3.8, 4) is 0 Å². The number of H-pyrrole nitrogens is 1. The fourth-order valence-corrected chi connectivity index (χ4v) is 2.25. The average molecular weight is 278 g/mol. The van der Waals surface area contributed by atoms with Gasteiger partial charge in [-0.25, -0.2) is 0 Å². The molecule has 0 unspecified atom stereocenters. The van der Waals surface area contributed by atoms with E-state index in [0.717, 1.165) is 32.7 Å². The van der Waals surface area contributed by atoms with Crippen molar-refractivity contribution >= 4 is 22.5 Å². The second-order valence-corrected chi connectivity index (χ2v) is 6.30. The van der Waals surface area contributed by atoms with Gasteiger partial charge < -0.3 is 5.32 Å². The number of hydrogen-bond donors (Lipinski definition) is 2. The van der Waals surface area contributed by atoms with Gasteiger partial charge in [0, 0.05) is 33.6 Å². The summed E-state index contributed by atoms with van der Waals surface area (Å²) in [6, 6.07) is 1.98. The van der Waals surface area contributed by atoms with Crippen molar-refractivity contribution in [3.05, 3.63) is 40.7 Å². The standard InChI is InChI=1S/C15H20ClN3/c1-9-6-13(16)12(14-11(9)8-18-19-14)7-17-10(2)15(3,4)5/h6,8,17H,2,7H2,1,3-5H3,(H,18,19). The van der Waals surface area contributed by atoms with Crippen molar-refractivity contribution in [3.63, 3.8) is 0 Å². The Hall–Kier alpha value is -1.48. The van der Waals surface area contributed by atoms with E-state index in [-0.39, 0.29) is 5.41 Å². The molecule has 102 valence electrons. The minimum atomic E-state index is 0.0320. The van der Waals surface area contributed by atoms with Crippen LogP contribution in [-0.2, 0) is 6.54 Å². The largest absolute Gasteiger partial charge is 0.384 e. The topological polar surface area (TPSA) is 40.7 Å². The lowest BCUT2D eigenvalue weighted by Crippen LogP contribution is -2.23. The number of aryl methyl sites for hydroxylation is 1. The van der Waals surface area contributed by atoms with Gasteiger partial charge in [0.25, 0.3) is 0 Å². The summed E-state index contributed by atoms with van der Waals surface area (Å²) in [5.74, 6) is 0. The van der Waals surface area contributed by atoms with Gasteiger partial charge in [-0.1, -0.05) is 39.0 Å². The third-order valence-electron chi connectivity index (χ3n) is 3.38. The van der Waals surface area contributed by atoms with Crippen LogP contribution in [0.2, 0.25) is 5.02 Å². The predicted molar refractivity (Wildman–Crippen MR) is 81.3 cm³/mol. The van der Waals surface area contributed by atoms with Gasteiger partial charge in [-0.2, -0.15) is 5.10 Å². The number of aromatic nitrogens is 2. The Morgan fingerprint density at radius 3 is 2.79 bits per heavy atom. The zero-order chi connectivity index (χ0) is 14.2. The van der Waals surface area contributed by atoms with Crippen LogP contribution >= 0.6 is 11.6 Å². The molecule has 0 saturated heterocycles.